The third-order valence-corrected chi connectivity index (χ3v) is 5.76. The SMILES string of the molecule is CC(C)(S)C(C)(C)O[B]CCCc1cccnc1C(=O)C1CCC1. The van der Waals surface area contributed by atoms with Gasteiger partial charge in [0.25, 0.3) is 7.48 Å². The van der Waals surface area contributed by atoms with E-state index in [0.717, 1.165) is 37.6 Å². The van der Waals surface area contributed by atoms with Crippen LogP contribution in [0, 0.1) is 5.92 Å². The average molecular weight is 346 g/mol. The molecule has 0 aliphatic heterocycles. The Morgan fingerprint density at radius 1 is 1.38 bits per heavy atom. The van der Waals surface area contributed by atoms with Gasteiger partial charge in [-0.25, -0.2) is 0 Å². The molecule has 1 saturated carbocycles. The van der Waals surface area contributed by atoms with Crippen molar-refractivity contribution in [3.8, 4) is 0 Å². The zero-order chi connectivity index (χ0) is 17.8. The molecule has 1 aliphatic carbocycles. The van der Waals surface area contributed by atoms with Crippen LogP contribution < -0.4 is 0 Å². The van der Waals surface area contributed by atoms with Gasteiger partial charge in [-0.15, -0.1) is 0 Å². The number of carbonyl (C=O) groups excluding carboxylic acids is 1. The monoisotopic (exact) mass is 346 g/mol. The molecule has 1 fully saturated rings. The maximum Gasteiger partial charge on any atom is 0.293 e. The zero-order valence-corrected chi connectivity index (χ0v) is 16.2. The molecule has 1 aromatic rings. The molecule has 2 rings (SSSR count). The summed E-state index contributed by atoms with van der Waals surface area (Å²) in [6, 6.07) is 3.94. The molecule has 0 aromatic carbocycles. The standard InChI is InChI=1S/C19H29BNO2S/c1-18(2,19(3,4)24)23-20-12-6-10-14-11-7-13-21-16(14)17(22)15-8-5-9-15/h7,11,13,15,24H,5-6,8-10,12H2,1-4H3. The first-order valence-electron chi connectivity index (χ1n) is 8.92. The first-order chi connectivity index (χ1) is 11.2. The molecular formula is C19H29BNO2S. The van der Waals surface area contributed by atoms with Crippen LogP contribution in [0.2, 0.25) is 6.32 Å². The van der Waals surface area contributed by atoms with Crippen molar-refractivity contribution in [2.24, 2.45) is 5.92 Å². The lowest BCUT2D eigenvalue weighted by molar-refractivity contribution is 0.0824. The second-order valence-electron chi connectivity index (χ2n) is 7.75. The van der Waals surface area contributed by atoms with Crippen molar-refractivity contribution in [2.75, 3.05) is 0 Å². The average Bonchev–Trinajstić information content (AvgIpc) is 2.44. The lowest BCUT2D eigenvalue weighted by atomic mass is 9.80. The summed E-state index contributed by atoms with van der Waals surface area (Å²) in [6.07, 6.45) is 7.57. The molecule has 0 spiro atoms. The van der Waals surface area contributed by atoms with Crippen molar-refractivity contribution in [1.29, 1.82) is 0 Å². The Balaban J connectivity index is 1.82. The molecule has 0 saturated heterocycles. The van der Waals surface area contributed by atoms with Crippen molar-refractivity contribution in [2.45, 2.75) is 76.5 Å². The minimum absolute atomic E-state index is 0.201. The maximum absolute atomic E-state index is 12.5. The van der Waals surface area contributed by atoms with Crippen LogP contribution in [0.4, 0.5) is 0 Å². The van der Waals surface area contributed by atoms with Gasteiger partial charge in [0.05, 0.1) is 5.60 Å². The Kier molecular flexibility index (Phi) is 6.55. The molecule has 24 heavy (non-hydrogen) atoms. The van der Waals surface area contributed by atoms with E-state index in [1.165, 1.54) is 6.42 Å². The van der Waals surface area contributed by atoms with Crippen LogP contribution in [0.15, 0.2) is 18.3 Å². The number of hydrogen-bond acceptors (Lipinski definition) is 4. The fourth-order valence-electron chi connectivity index (χ4n) is 2.51. The van der Waals surface area contributed by atoms with E-state index in [0.29, 0.717) is 5.69 Å². The Morgan fingerprint density at radius 3 is 2.67 bits per heavy atom. The van der Waals surface area contributed by atoms with Gasteiger partial charge in [0.1, 0.15) is 5.69 Å². The Labute approximate surface area is 152 Å². The lowest BCUT2D eigenvalue weighted by Crippen LogP contribution is -2.44. The largest absolute Gasteiger partial charge is 0.434 e. The molecule has 0 bridgehead atoms. The highest BCUT2D eigenvalue weighted by atomic mass is 32.1. The summed E-state index contributed by atoms with van der Waals surface area (Å²) in [6.45, 7) is 8.20. The summed E-state index contributed by atoms with van der Waals surface area (Å²) in [7, 11) is 1.88. The Bertz CT molecular complexity index is 565. The third kappa shape index (κ3) is 4.86. The van der Waals surface area contributed by atoms with E-state index in [1.54, 1.807) is 6.20 Å². The smallest absolute Gasteiger partial charge is 0.293 e. The van der Waals surface area contributed by atoms with Crippen molar-refractivity contribution >= 4 is 25.9 Å². The Hall–Kier alpha value is -0.805. The zero-order valence-electron chi connectivity index (χ0n) is 15.3. The minimum atomic E-state index is -0.324. The molecule has 5 heteroatoms. The van der Waals surface area contributed by atoms with E-state index in [1.807, 2.05) is 33.5 Å². The van der Waals surface area contributed by atoms with Gasteiger partial charge in [-0.05, 0) is 58.6 Å². The van der Waals surface area contributed by atoms with Gasteiger partial charge >= 0.3 is 0 Å². The number of rotatable bonds is 9. The van der Waals surface area contributed by atoms with Crippen molar-refractivity contribution in [3.05, 3.63) is 29.6 Å². The van der Waals surface area contributed by atoms with Gasteiger partial charge in [-0.2, -0.15) is 12.6 Å². The maximum atomic E-state index is 12.5. The van der Waals surface area contributed by atoms with E-state index in [9.17, 15) is 4.79 Å². The first-order valence-corrected chi connectivity index (χ1v) is 9.37. The van der Waals surface area contributed by atoms with Crippen LogP contribution in [0.1, 0.15) is 69.4 Å². The topological polar surface area (TPSA) is 39.2 Å². The number of carbonyl (C=O) groups is 1. The normalized spacial score (nSPS) is 15.9. The number of hydrogen-bond donors (Lipinski definition) is 1. The summed E-state index contributed by atoms with van der Waals surface area (Å²) < 4.78 is 5.68. The summed E-state index contributed by atoms with van der Waals surface area (Å²) in [5, 5.41) is 0. The highest BCUT2D eigenvalue weighted by Gasteiger charge is 2.34. The van der Waals surface area contributed by atoms with E-state index in [-0.39, 0.29) is 22.0 Å². The minimum Gasteiger partial charge on any atom is -0.434 e. The highest BCUT2D eigenvalue weighted by molar-refractivity contribution is 7.81. The number of aryl methyl sites for hydroxylation is 1. The number of ketones is 1. The number of pyridine rings is 1. The van der Waals surface area contributed by atoms with Gasteiger partial charge < -0.3 is 4.65 Å². The molecular weight excluding hydrogens is 317 g/mol. The van der Waals surface area contributed by atoms with Gasteiger partial charge in [0.2, 0.25) is 0 Å². The first kappa shape index (κ1) is 19.5. The van der Waals surface area contributed by atoms with Crippen molar-refractivity contribution in [3.63, 3.8) is 0 Å². The van der Waals surface area contributed by atoms with E-state index < -0.39 is 0 Å². The fourth-order valence-corrected chi connectivity index (χ4v) is 2.57. The van der Waals surface area contributed by atoms with Crippen LogP contribution in [0.5, 0.6) is 0 Å². The van der Waals surface area contributed by atoms with Crippen LogP contribution in [0.3, 0.4) is 0 Å². The van der Waals surface area contributed by atoms with Gasteiger partial charge in [0.15, 0.2) is 5.78 Å². The van der Waals surface area contributed by atoms with Crippen LogP contribution in [-0.2, 0) is 11.1 Å². The summed E-state index contributed by atoms with van der Waals surface area (Å²) >= 11 is 4.60. The molecule has 1 aromatic heterocycles. The highest BCUT2D eigenvalue weighted by Crippen LogP contribution is 2.31. The lowest BCUT2D eigenvalue weighted by Gasteiger charge is -2.38. The van der Waals surface area contributed by atoms with E-state index in [4.69, 9.17) is 4.65 Å². The third-order valence-electron chi connectivity index (χ3n) is 5.22. The van der Waals surface area contributed by atoms with Crippen molar-refractivity contribution < 1.29 is 9.45 Å². The molecule has 3 nitrogen and oxygen atoms in total. The van der Waals surface area contributed by atoms with E-state index >= 15 is 0 Å². The molecule has 1 radical (unpaired) electrons. The predicted octanol–water partition coefficient (Wildman–Crippen LogP) is 4.54. The quantitative estimate of drug-likeness (QED) is 0.309. The van der Waals surface area contributed by atoms with Crippen molar-refractivity contribution in [1.82, 2.24) is 4.98 Å². The molecule has 0 unspecified atom stereocenters. The predicted molar refractivity (Wildman–Crippen MR) is 103 cm³/mol. The van der Waals surface area contributed by atoms with Crippen LogP contribution in [0.25, 0.3) is 0 Å². The summed E-state index contributed by atoms with van der Waals surface area (Å²) in [5.41, 5.74) is 1.42. The van der Waals surface area contributed by atoms with Crippen LogP contribution in [-0.4, -0.2) is 28.6 Å². The summed E-state index contributed by atoms with van der Waals surface area (Å²) in [4.78, 5) is 16.8. The molecule has 1 heterocycles. The van der Waals surface area contributed by atoms with Gasteiger partial charge in [0, 0.05) is 16.9 Å². The Morgan fingerprint density at radius 2 is 2.08 bits per heavy atom. The van der Waals surface area contributed by atoms with Crippen LogP contribution >= 0.6 is 12.6 Å². The molecule has 0 amide bonds. The number of Topliss-reactive ketones (excluding diaryl/α,β-unsaturated/α-hetero) is 1. The number of thiol groups is 1. The molecule has 0 atom stereocenters. The molecule has 1 aliphatic rings. The van der Waals surface area contributed by atoms with Gasteiger partial charge in [-0.3, -0.25) is 9.78 Å². The number of aromatic nitrogens is 1. The molecule has 0 N–H and O–H groups in total. The van der Waals surface area contributed by atoms with E-state index in [2.05, 4.69) is 31.5 Å². The fraction of sp³-hybridized carbons (Fsp3) is 0.684. The second-order valence-corrected chi connectivity index (χ2v) is 8.87. The number of nitrogens with zero attached hydrogens (tertiary/aromatic N) is 1. The van der Waals surface area contributed by atoms with Gasteiger partial charge in [-0.1, -0.05) is 25.2 Å². The molecule has 131 valence electrons. The second kappa shape index (κ2) is 8.05. The summed E-state index contributed by atoms with van der Waals surface area (Å²) in [5.74, 6) is 0.432.